The second-order valence-electron chi connectivity index (χ2n) is 8.60. The third kappa shape index (κ3) is 4.43. The highest BCUT2D eigenvalue weighted by Crippen LogP contribution is 2.32. The molecule has 1 aliphatic carbocycles. The Hall–Kier alpha value is -3.04. The Balaban J connectivity index is 1.17. The molecule has 33 heavy (non-hydrogen) atoms. The fourth-order valence-electron chi connectivity index (χ4n) is 4.70. The van der Waals surface area contributed by atoms with Crippen LogP contribution in [0.25, 0.3) is 0 Å². The van der Waals surface area contributed by atoms with Gasteiger partial charge in [0.25, 0.3) is 5.91 Å². The number of amides is 1. The summed E-state index contributed by atoms with van der Waals surface area (Å²) in [5, 5.41) is 9.81. The molecule has 3 aliphatic rings. The Bertz CT molecular complexity index is 1060. The number of benzene rings is 1. The van der Waals surface area contributed by atoms with E-state index >= 15 is 0 Å². The summed E-state index contributed by atoms with van der Waals surface area (Å²) in [6, 6.07) is 6.31. The molecular weight excluding hydrogens is 429 g/mol. The largest absolute Gasteiger partial charge is 0.479 e. The fourth-order valence-corrected chi connectivity index (χ4v) is 4.70. The van der Waals surface area contributed by atoms with Crippen molar-refractivity contribution >= 4 is 17.4 Å². The normalized spacial score (nSPS) is 22.8. The van der Waals surface area contributed by atoms with E-state index in [4.69, 9.17) is 9.47 Å². The minimum atomic E-state index is -0.706. The van der Waals surface area contributed by atoms with Crippen molar-refractivity contribution in [1.82, 2.24) is 9.88 Å². The topological polar surface area (TPSA) is 92.2 Å². The summed E-state index contributed by atoms with van der Waals surface area (Å²) in [6.45, 7) is 2.29. The Kier molecular flexibility index (Phi) is 5.99. The predicted molar refractivity (Wildman–Crippen MR) is 117 cm³/mol. The number of hydrogen-bond acceptors (Lipinski definition) is 7. The van der Waals surface area contributed by atoms with Crippen molar-refractivity contribution in [2.45, 2.75) is 44.4 Å². The molecule has 1 aromatic heterocycles. The summed E-state index contributed by atoms with van der Waals surface area (Å²) in [5.74, 6) is 0.0746. The number of ether oxygens (including phenoxy) is 2. The summed E-state index contributed by atoms with van der Waals surface area (Å²) < 4.78 is 25.9. The highest BCUT2D eigenvalue weighted by Gasteiger charge is 2.36. The van der Waals surface area contributed by atoms with Gasteiger partial charge in [0, 0.05) is 49.8 Å². The second-order valence-corrected chi connectivity index (χ2v) is 8.60. The number of rotatable bonds is 7. The number of pyridine rings is 1. The van der Waals surface area contributed by atoms with Crippen molar-refractivity contribution in [3.8, 4) is 11.6 Å². The maximum Gasteiger partial charge on any atom is 0.268 e. The first kappa shape index (κ1) is 21.8. The zero-order valence-electron chi connectivity index (χ0n) is 18.2. The summed E-state index contributed by atoms with van der Waals surface area (Å²) in [6.07, 6.45) is 3.35. The lowest BCUT2D eigenvalue weighted by atomic mass is 10.1. The molecule has 0 radical (unpaired) electrons. The van der Waals surface area contributed by atoms with Crippen LogP contribution in [-0.4, -0.2) is 65.3 Å². The van der Waals surface area contributed by atoms with E-state index in [0.29, 0.717) is 67.4 Å². The fraction of sp³-hybridized carbons (Fsp3) is 0.458. The lowest BCUT2D eigenvalue weighted by Gasteiger charge is -2.19. The van der Waals surface area contributed by atoms with E-state index in [0.717, 1.165) is 19.4 Å². The molecule has 9 heteroatoms. The maximum absolute atomic E-state index is 14.4. The van der Waals surface area contributed by atoms with Crippen LogP contribution in [0, 0.1) is 5.82 Å². The van der Waals surface area contributed by atoms with Crippen molar-refractivity contribution < 1.29 is 28.6 Å². The van der Waals surface area contributed by atoms with Gasteiger partial charge in [0.15, 0.2) is 11.9 Å². The lowest BCUT2D eigenvalue weighted by molar-refractivity contribution is -0.122. The minimum absolute atomic E-state index is 0.0878. The minimum Gasteiger partial charge on any atom is -0.479 e. The molecule has 2 atom stereocenters. The van der Waals surface area contributed by atoms with Crippen LogP contribution in [0.3, 0.4) is 0 Å². The molecule has 5 rings (SSSR count). The number of nitrogens with zero attached hydrogens (tertiary/aromatic N) is 3. The molecule has 2 saturated heterocycles. The Morgan fingerprint density at radius 3 is 2.79 bits per heavy atom. The molecule has 0 spiro atoms. The third-order valence-electron chi connectivity index (χ3n) is 6.50. The van der Waals surface area contributed by atoms with Crippen LogP contribution in [0.5, 0.6) is 11.6 Å². The molecule has 0 saturated carbocycles. The Labute approximate surface area is 190 Å². The number of carbonyl (C=O) groups is 2. The van der Waals surface area contributed by atoms with Crippen LogP contribution < -0.4 is 14.4 Å². The summed E-state index contributed by atoms with van der Waals surface area (Å²) >= 11 is 0. The van der Waals surface area contributed by atoms with Crippen molar-refractivity contribution in [2.75, 3.05) is 31.1 Å². The SMILES string of the molecule is O=C1CCc2c(F)cc(N3CCC(Oc4ccc(OCCN5CCCC5O)nc4)C3=O)cc21. The lowest BCUT2D eigenvalue weighted by Crippen LogP contribution is -2.33. The molecule has 1 aromatic carbocycles. The van der Waals surface area contributed by atoms with Gasteiger partial charge in [-0.1, -0.05) is 0 Å². The number of aliphatic hydroxyl groups is 1. The van der Waals surface area contributed by atoms with Crippen LogP contribution in [0.1, 0.15) is 41.6 Å². The van der Waals surface area contributed by atoms with E-state index in [9.17, 15) is 19.1 Å². The zero-order valence-corrected chi connectivity index (χ0v) is 18.2. The van der Waals surface area contributed by atoms with Gasteiger partial charge in [0.2, 0.25) is 5.88 Å². The van der Waals surface area contributed by atoms with Gasteiger partial charge in [-0.15, -0.1) is 0 Å². The van der Waals surface area contributed by atoms with E-state index in [1.165, 1.54) is 17.2 Å². The smallest absolute Gasteiger partial charge is 0.268 e. The van der Waals surface area contributed by atoms with E-state index < -0.39 is 18.1 Å². The summed E-state index contributed by atoms with van der Waals surface area (Å²) in [4.78, 5) is 32.6. The van der Waals surface area contributed by atoms with Crippen molar-refractivity contribution in [2.24, 2.45) is 0 Å². The first-order valence-electron chi connectivity index (χ1n) is 11.3. The van der Waals surface area contributed by atoms with Crippen molar-refractivity contribution in [3.63, 3.8) is 0 Å². The summed E-state index contributed by atoms with van der Waals surface area (Å²) in [5.41, 5.74) is 1.21. The van der Waals surface area contributed by atoms with Crippen LogP contribution in [0.4, 0.5) is 10.1 Å². The molecule has 2 unspecified atom stereocenters. The standard InChI is InChI=1S/C24H26FN3O5/c25-19-13-15(12-18-17(19)4-5-20(18)29)28-9-7-21(24(28)31)33-16-3-6-22(26-14-16)32-11-10-27-8-1-2-23(27)30/h3,6,12-14,21,23,30H,1-2,4-5,7-11H2. The molecule has 2 aliphatic heterocycles. The molecule has 3 heterocycles. The van der Waals surface area contributed by atoms with Gasteiger partial charge in [-0.3, -0.25) is 14.5 Å². The van der Waals surface area contributed by atoms with E-state index in [-0.39, 0.29) is 11.7 Å². The van der Waals surface area contributed by atoms with Gasteiger partial charge in [-0.2, -0.15) is 0 Å². The number of aliphatic hydroxyl groups excluding tert-OH is 1. The number of aromatic nitrogens is 1. The average molecular weight is 455 g/mol. The van der Waals surface area contributed by atoms with Gasteiger partial charge in [0.05, 0.1) is 6.20 Å². The molecule has 174 valence electrons. The highest BCUT2D eigenvalue weighted by molar-refractivity contribution is 6.04. The predicted octanol–water partition coefficient (Wildman–Crippen LogP) is 2.33. The van der Waals surface area contributed by atoms with Gasteiger partial charge in [-0.25, -0.2) is 9.37 Å². The second kappa shape index (κ2) is 9.07. The highest BCUT2D eigenvalue weighted by atomic mass is 19.1. The number of anilines is 1. The number of ketones is 1. The molecule has 8 nitrogen and oxygen atoms in total. The first-order chi connectivity index (χ1) is 16.0. The van der Waals surface area contributed by atoms with Gasteiger partial charge >= 0.3 is 0 Å². The third-order valence-corrected chi connectivity index (χ3v) is 6.50. The van der Waals surface area contributed by atoms with Crippen molar-refractivity contribution in [3.05, 3.63) is 47.4 Å². The average Bonchev–Trinajstić information content (AvgIpc) is 3.50. The van der Waals surface area contributed by atoms with E-state index in [1.807, 2.05) is 4.90 Å². The molecule has 1 N–H and O–H groups in total. The molecule has 2 aromatic rings. The van der Waals surface area contributed by atoms with Gasteiger partial charge < -0.3 is 19.5 Å². The molecule has 1 amide bonds. The Morgan fingerprint density at radius 2 is 2.03 bits per heavy atom. The van der Waals surface area contributed by atoms with E-state index in [1.54, 1.807) is 18.2 Å². The van der Waals surface area contributed by atoms with Crippen LogP contribution >= 0.6 is 0 Å². The molecular formula is C24H26FN3O5. The van der Waals surface area contributed by atoms with Gasteiger partial charge in [-0.05, 0) is 43.0 Å². The summed E-state index contributed by atoms with van der Waals surface area (Å²) in [7, 11) is 0. The van der Waals surface area contributed by atoms with Crippen molar-refractivity contribution in [1.29, 1.82) is 0 Å². The van der Waals surface area contributed by atoms with Gasteiger partial charge in [0.1, 0.15) is 24.4 Å². The first-order valence-corrected chi connectivity index (χ1v) is 11.3. The number of carbonyl (C=O) groups excluding carboxylic acids is 2. The van der Waals surface area contributed by atoms with Crippen LogP contribution in [-0.2, 0) is 11.2 Å². The monoisotopic (exact) mass is 455 g/mol. The number of likely N-dealkylation sites (tertiary alicyclic amines) is 1. The number of hydrogen-bond donors (Lipinski definition) is 1. The quantitative estimate of drug-likeness (QED) is 0.685. The number of Topliss-reactive ketones (excluding diaryl/α,β-unsaturated/α-hetero) is 1. The van der Waals surface area contributed by atoms with E-state index in [2.05, 4.69) is 4.98 Å². The molecule has 2 fully saturated rings. The van der Waals surface area contributed by atoms with Crippen LogP contribution in [0.15, 0.2) is 30.5 Å². The zero-order chi connectivity index (χ0) is 22.9. The Morgan fingerprint density at radius 1 is 1.15 bits per heavy atom. The van der Waals surface area contributed by atoms with Crippen LogP contribution in [0.2, 0.25) is 0 Å². The number of halogens is 1. The molecule has 0 bridgehead atoms. The maximum atomic E-state index is 14.4. The number of fused-ring (bicyclic) bond motifs is 1.